The Bertz CT molecular complexity index is 1410. The summed E-state index contributed by atoms with van der Waals surface area (Å²) in [4.78, 5) is 65.5. The lowest BCUT2D eigenvalue weighted by atomic mass is 10.1. The number of rotatable bonds is 4. The summed E-state index contributed by atoms with van der Waals surface area (Å²) in [5, 5.41) is 0. The van der Waals surface area contributed by atoms with E-state index >= 15 is 0 Å². The number of carbonyl (C=O) groups is 5. The summed E-state index contributed by atoms with van der Waals surface area (Å²) in [5.74, 6) is -2.94. The second kappa shape index (κ2) is 7.77. The van der Waals surface area contributed by atoms with Crippen LogP contribution < -0.4 is 4.90 Å². The van der Waals surface area contributed by atoms with E-state index in [2.05, 4.69) is 0 Å². The van der Waals surface area contributed by atoms with Gasteiger partial charge in [-0.1, -0.05) is 24.3 Å². The smallest absolute Gasteiger partial charge is 0.339 e. The van der Waals surface area contributed by atoms with Gasteiger partial charge in [0.25, 0.3) is 23.6 Å². The Morgan fingerprint density at radius 1 is 0.735 bits per heavy atom. The summed E-state index contributed by atoms with van der Waals surface area (Å²) in [6.07, 6.45) is 0. The third-order valence-electron chi connectivity index (χ3n) is 5.93. The minimum absolute atomic E-state index is 0.0272. The molecule has 0 saturated heterocycles. The van der Waals surface area contributed by atoms with Crippen molar-refractivity contribution in [1.82, 2.24) is 4.90 Å². The number of aryl methyl sites for hydroxylation is 2. The van der Waals surface area contributed by atoms with Crippen molar-refractivity contribution < 1.29 is 28.7 Å². The van der Waals surface area contributed by atoms with Crippen molar-refractivity contribution >= 4 is 35.3 Å². The molecule has 0 spiro atoms. The number of amides is 4. The number of fused-ring (bicyclic) bond motifs is 2. The van der Waals surface area contributed by atoms with Crippen molar-refractivity contribution in [3.05, 3.63) is 99.6 Å². The van der Waals surface area contributed by atoms with Crippen molar-refractivity contribution in [3.8, 4) is 0 Å². The van der Waals surface area contributed by atoms with Gasteiger partial charge in [0.05, 0.1) is 33.5 Å². The van der Waals surface area contributed by atoms with E-state index in [0.717, 1.165) is 20.9 Å². The molecule has 8 nitrogen and oxygen atoms in total. The number of benzene rings is 3. The van der Waals surface area contributed by atoms with Crippen LogP contribution in [0.2, 0.25) is 0 Å². The van der Waals surface area contributed by atoms with Crippen LogP contribution in [0.4, 0.5) is 5.69 Å². The van der Waals surface area contributed by atoms with Gasteiger partial charge in [-0.3, -0.25) is 19.2 Å². The molecule has 3 aromatic carbocycles. The van der Waals surface area contributed by atoms with Gasteiger partial charge in [-0.05, 0) is 61.4 Å². The fourth-order valence-corrected chi connectivity index (χ4v) is 4.11. The normalized spacial score (nSPS) is 14.5. The Balaban J connectivity index is 1.36. The highest BCUT2D eigenvalue weighted by Gasteiger charge is 2.39. The zero-order valence-electron chi connectivity index (χ0n) is 18.3. The maximum Gasteiger partial charge on any atom is 0.339 e. The van der Waals surface area contributed by atoms with Crippen LogP contribution in [0.25, 0.3) is 0 Å². The van der Waals surface area contributed by atoms with E-state index in [4.69, 9.17) is 4.74 Å². The number of anilines is 1. The van der Waals surface area contributed by atoms with E-state index in [9.17, 15) is 24.0 Å². The first-order valence-corrected chi connectivity index (χ1v) is 10.5. The van der Waals surface area contributed by atoms with Crippen molar-refractivity contribution in [1.29, 1.82) is 0 Å². The molecule has 0 fully saturated rings. The minimum atomic E-state index is -0.829. The zero-order chi connectivity index (χ0) is 24.1. The lowest BCUT2D eigenvalue weighted by Crippen LogP contribution is -2.33. The van der Waals surface area contributed by atoms with Gasteiger partial charge in [0, 0.05) is 0 Å². The first kappa shape index (κ1) is 21.3. The summed E-state index contributed by atoms with van der Waals surface area (Å²) in [6.45, 7) is 3.10. The van der Waals surface area contributed by atoms with Crippen LogP contribution in [0.3, 0.4) is 0 Å². The number of carbonyl (C=O) groups excluding carboxylic acids is 5. The van der Waals surface area contributed by atoms with Gasteiger partial charge < -0.3 is 4.74 Å². The second-order valence-corrected chi connectivity index (χ2v) is 8.14. The Morgan fingerprint density at radius 2 is 1.35 bits per heavy atom. The fraction of sp³-hybridized carbons (Fsp3) is 0.115. The van der Waals surface area contributed by atoms with Gasteiger partial charge in [0.2, 0.25) is 0 Å². The molecular formula is C26H18N2O6. The largest absolute Gasteiger partial charge is 0.440 e. The number of hydrogen-bond acceptors (Lipinski definition) is 6. The minimum Gasteiger partial charge on any atom is -0.440 e. The lowest BCUT2D eigenvalue weighted by Gasteiger charge is -2.17. The molecule has 0 N–H and O–H groups in total. The van der Waals surface area contributed by atoms with E-state index in [0.29, 0.717) is 5.69 Å². The molecular weight excluding hydrogens is 436 g/mol. The third kappa shape index (κ3) is 3.19. The van der Waals surface area contributed by atoms with Crippen LogP contribution in [0.5, 0.6) is 0 Å². The van der Waals surface area contributed by atoms with Crippen molar-refractivity contribution in [2.24, 2.45) is 0 Å². The van der Waals surface area contributed by atoms with Crippen LogP contribution in [0, 0.1) is 13.8 Å². The molecule has 168 valence electrons. The molecule has 0 aromatic heterocycles. The summed E-state index contributed by atoms with van der Waals surface area (Å²) in [7, 11) is 0. The molecule has 0 saturated carbocycles. The first-order valence-electron chi connectivity index (χ1n) is 10.5. The molecule has 3 aromatic rings. The lowest BCUT2D eigenvalue weighted by molar-refractivity contribution is 0.0227. The SMILES string of the molecule is Cc1ccc(C)c(N2C(=O)c3ccc(C(=O)OCN4C(=O)c5ccccc5C4=O)cc3C2=O)c1. The van der Waals surface area contributed by atoms with Gasteiger partial charge in [-0.2, -0.15) is 0 Å². The predicted molar refractivity (Wildman–Crippen MR) is 121 cm³/mol. The standard InChI is InChI=1S/C26H18N2O6/c1-14-7-8-15(2)21(11-14)28-24(31)19-10-9-16(12-20(19)25(28)32)26(33)34-13-27-22(29)17-5-3-4-6-18(17)23(27)30/h3-12H,13H2,1-2H3. The van der Waals surface area contributed by atoms with Gasteiger partial charge in [0.1, 0.15) is 0 Å². The van der Waals surface area contributed by atoms with Crippen LogP contribution in [-0.2, 0) is 4.74 Å². The fourth-order valence-electron chi connectivity index (χ4n) is 4.11. The predicted octanol–water partition coefficient (Wildman–Crippen LogP) is 3.51. The average Bonchev–Trinajstić information content (AvgIpc) is 3.23. The van der Waals surface area contributed by atoms with Crippen LogP contribution in [0.15, 0.2) is 60.7 Å². The van der Waals surface area contributed by atoms with E-state index < -0.39 is 36.3 Å². The molecule has 5 rings (SSSR count). The Kier molecular flexibility index (Phi) is 4.86. The maximum atomic E-state index is 13.1. The zero-order valence-corrected chi connectivity index (χ0v) is 18.3. The molecule has 2 heterocycles. The number of esters is 1. The van der Waals surface area contributed by atoms with Crippen molar-refractivity contribution in [3.63, 3.8) is 0 Å². The Hall–Kier alpha value is -4.59. The highest BCUT2D eigenvalue weighted by Crippen LogP contribution is 2.32. The molecule has 0 bridgehead atoms. The summed E-state index contributed by atoms with van der Waals surface area (Å²) in [5.41, 5.74) is 2.94. The highest BCUT2D eigenvalue weighted by molar-refractivity contribution is 6.35. The number of nitrogens with zero attached hydrogens (tertiary/aromatic N) is 2. The topological polar surface area (TPSA) is 101 Å². The maximum absolute atomic E-state index is 13.1. The third-order valence-corrected chi connectivity index (χ3v) is 5.93. The molecule has 8 heteroatoms. The quantitative estimate of drug-likeness (QED) is 0.442. The van der Waals surface area contributed by atoms with Gasteiger partial charge in [-0.15, -0.1) is 0 Å². The van der Waals surface area contributed by atoms with E-state index in [1.807, 2.05) is 19.1 Å². The van der Waals surface area contributed by atoms with Gasteiger partial charge in [-0.25, -0.2) is 14.6 Å². The molecule has 2 aliphatic rings. The summed E-state index contributed by atoms with van der Waals surface area (Å²) >= 11 is 0. The monoisotopic (exact) mass is 454 g/mol. The summed E-state index contributed by atoms with van der Waals surface area (Å²) in [6, 6.07) is 15.9. The van der Waals surface area contributed by atoms with E-state index in [1.165, 1.54) is 30.3 Å². The molecule has 34 heavy (non-hydrogen) atoms. The number of hydrogen-bond donors (Lipinski definition) is 0. The summed E-state index contributed by atoms with van der Waals surface area (Å²) < 4.78 is 5.19. The number of ether oxygens (including phenoxy) is 1. The van der Waals surface area contributed by atoms with Crippen LogP contribution in [-0.4, -0.2) is 41.2 Å². The molecule has 0 atom stereocenters. The molecule has 0 aliphatic carbocycles. The van der Waals surface area contributed by atoms with Gasteiger partial charge in [0.15, 0.2) is 6.73 Å². The van der Waals surface area contributed by atoms with Crippen molar-refractivity contribution in [2.45, 2.75) is 13.8 Å². The molecule has 0 unspecified atom stereocenters. The van der Waals surface area contributed by atoms with E-state index in [-0.39, 0.29) is 27.8 Å². The molecule has 2 aliphatic heterocycles. The Labute approximate surface area is 194 Å². The highest BCUT2D eigenvalue weighted by atomic mass is 16.5. The molecule has 0 radical (unpaired) electrons. The Morgan fingerprint density at radius 3 is 2.03 bits per heavy atom. The van der Waals surface area contributed by atoms with Crippen molar-refractivity contribution in [2.75, 3.05) is 11.6 Å². The van der Waals surface area contributed by atoms with Crippen LogP contribution >= 0.6 is 0 Å². The van der Waals surface area contributed by atoms with Crippen LogP contribution in [0.1, 0.15) is 62.9 Å². The van der Waals surface area contributed by atoms with Gasteiger partial charge >= 0.3 is 5.97 Å². The average molecular weight is 454 g/mol. The van der Waals surface area contributed by atoms with E-state index in [1.54, 1.807) is 25.1 Å². The first-order chi connectivity index (χ1) is 16.3. The molecule has 4 amide bonds. The number of imide groups is 2. The second-order valence-electron chi connectivity index (χ2n) is 8.14.